The minimum Gasteiger partial charge on any atom is -0.350 e. The second-order valence-corrected chi connectivity index (χ2v) is 6.89. The molecule has 2 rings (SSSR count). The van der Waals surface area contributed by atoms with Gasteiger partial charge in [0, 0.05) is 23.1 Å². The van der Waals surface area contributed by atoms with Crippen molar-refractivity contribution in [2.45, 2.75) is 13.1 Å². The minimum absolute atomic E-state index is 0.0508. The van der Waals surface area contributed by atoms with Gasteiger partial charge >= 0.3 is 0 Å². The van der Waals surface area contributed by atoms with Gasteiger partial charge in [-0.2, -0.15) is 0 Å². The maximum Gasteiger partial charge on any atom is 0.251 e. The first-order valence-electron chi connectivity index (χ1n) is 7.97. The third-order valence-electron chi connectivity index (χ3n) is 3.60. The van der Waals surface area contributed by atoms with Crippen LogP contribution in [0.3, 0.4) is 0 Å². The number of amides is 2. The van der Waals surface area contributed by atoms with Gasteiger partial charge in [0.05, 0.1) is 6.54 Å². The lowest BCUT2D eigenvalue weighted by Gasteiger charge is -2.14. The van der Waals surface area contributed by atoms with Gasteiger partial charge in [-0.05, 0) is 49.5 Å². The Morgan fingerprint density at radius 3 is 2.24 bits per heavy atom. The average Bonchev–Trinajstić information content (AvgIpc) is 2.59. The van der Waals surface area contributed by atoms with Gasteiger partial charge in [-0.1, -0.05) is 40.2 Å². The van der Waals surface area contributed by atoms with Crippen LogP contribution in [0.2, 0.25) is 0 Å². The molecule has 0 aromatic heterocycles. The van der Waals surface area contributed by atoms with Crippen molar-refractivity contribution in [2.24, 2.45) is 0 Å². The van der Waals surface area contributed by atoms with Gasteiger partial charge in [-0.15, -0.1) is 0 Å². The molecule has 0 spiro atoms. The maximum absolute atomic E-state index is 12.0. The van der Waals surface area contributed by atoms with Crippen molar-refractivity contribution in [3.63, 3.8) is 0 Å². The Morgan fingerprint density at radius 1 is 0.960 bits per heavy atom. The van der Waals surface area contributed by atoms with Crippen LogP contribution in [0.5, 0.6) is 0 Å². The Balaban J connectivity index is 1.83. The molecule has 0 saturated heterocycles. The van der Waals surface area contributed by atoms with E-state index in [2.05, 4.69) is 37.5 Å². The van der Waals surface area contributed by atoms with Crippen molar-refractivity contribution in [1.29, 1.82) is 0 Å². The van der Waals surface area contributed by atoms with Gasteiger partial charge in [0.1, 0.15) is 0 Å². The zero-order chi connectivity index (χ0) is 18.2. The third-order valence-corrected chi connectivity index (χ3v) is 4.13. The predicted molar refractivity (Wildman–Crippen MR) is 102 cm³/mol. The van der Waals surface area contributed by atoms with E-state index in [-0.39, 0.29) is 18.4 Å². The first-order chi connectivity index (χ1) is 12.0. The van der Waals surface area contributed by atoms with Crippen LogP contribution < -0.4 is 10.6 Å². The van der Waals surface area contributed by atoms with E-state index in [1.54, 1.807) is 24.3 Å². The Kier molecular flexibility index (Phi) is 7.16. The number of nitrogens with zero attached hydrogens (tertiary/aromatic N) is 1. The van der Waals surface area contributed by atoms with E-state index in [0.29, 0.717) is 12.1 Å². The Bertz CT molecular complexity index is 730. The number of halogens is 1. The van der Waals surface area contributed by atoms with Gasteiger partial charge in [0.15, 0.2) is 0 Å². The summed E-state index contributed by atoms with van der Waals surface area (Å²) in [6, 6.07) is 15.0. The molecule has 0 atom stereocenters. The Labute approximate surface area is 156 Å². The standard InChI is InChI=1S/C19H22BrN3O2/c1-23(2)13-16-6-4-3-5-15(16)11-21-18(24)12-22-19(25)14-7-9-17(20)10-8-14/h3-10H,11-13H2,1-2H3,(H,21,24)(H,22,25). The normalized spacial score (nSPS) is 10.6. The molecule has 2 amide bonds. The fourth-order valence-corrected chi connectivity index (χ4v) is 2.61. The third kappa shape index (κ3) is 6.32. The van der Waals surface area contributed by atoms with Gasteiger partial charge in [0.25, 0.3) is 5.91 Å². The van der Waals surface area contributed by atoms with Crippen LogP contribution in [0.1, 0.15) is 21.5 Å². The highest BCUT2D eigenvalue weighted by atomic mass is 79.9. The van der Waals surface area contributed by atoms with E-state index in [9.17, 15) is 9.59 Å². The zero-order valence-corrected chi connectivity index (χ0v) is 16.0. The number of hydrogen-bond acceptors (Lipinski definition) is 3. The van der Waals surface area contributed by atoms with Crippen LogP contribution in [0.4, 0.5) is 0 Å². The smallest absolute Gasteiger partial charge is 0.251 e. The molecule has 0 aliphatic heterocycles. The van der Waals surface area contributed by atoms with E-state index in [1.165, 1.54) is 5.56 Å². The van der Waals surface area contributed by atoms with Crippen molar-refractivity contribution in [3.05, 3.63) is 69.7 Å². The first kappa shape index (κ1) is 19.1. The second-order valence-electron chi connectivity index (χ2n) is 5.97. The lowest BCUT2D eigenvalue weighted by atomic mass is 10.1. The van der Waals surface area contributed by atoms with Crippen LogP contribution in [-0.4, -0.2) is 37.4 Å². The molecule has 0 bridgehead atoms. The van der Waals surface area contributed by atoms with E-state index in [1.807, 2.05) is 32.3 Å². The maximum atomic E-state index is 12.0. The summed E-state index contributed by atoms with van der Waals surface area (Å²) in [5.74, 6) is -0.485. The summed E-state index contributed by atoms with van der Waals surface area (Å²) in [4.78, 5) is 26.1. The van der Waals surface area contributed by atoms with Crippen LogP contribution in [0.15, 0.2) is 53.0 Å². The molecule has 0 radical (unpaired) electrons. The zero-order valence-electron chi connectivity index (χ0n) is 14.4. The van der Waals surface area contributed by atoms with Crippen LogP contribution >= 0.6 is 15.9 Å². The molecular weight excluding hydrogens is 382 g/mol. The summed E-state index contributed by atoms with van der Waals surface area (Å²) in [5, 5.41) is 5.48. The van der Waals surface area contributed by atoms with Gasteiger partial charge in [-0.25, -0.2) is 0 Å². The summed E-state index contributed by atoms with van der Waals surface area (Å²) < 4.78 is 0.901. The Hall–Kier alpha value is -2.18. The molecule has 25 heavy (non-hydrogen) atoms. The number of benzene rings is 2. The molecular formula is C19H22BrN3O2. The lowest BCUT2D eigenvalue weighted by Crippen LogP contribution is -2.36. The highest BCUT2D eigenvalue weighted by Crippen LogP contribution is 2.11. The highest BCUT2D eigenvalue weighted by Gasteiger charge is 2.09. The Morgan fingerprint density at radius 2 is 1.60 bits per heavy atom. The average molecular weight is 404 g/mol. The van der Waals surface area contributed by atoms with Crippen LogP contribution in [0, 0.1) is 0 Å². The molecule has 0 aliphatic carbocycles. The van der Waals surface area contributed by atoms with E-state index in [0.717, 1.165) is 16.6 Å². The van der Waals surface area contributed by atoms with E-state index >= 15 is 0 Å². The monoisotopic (exact) mass is 403 g/mol. The predicted octanol–water partition coefficient (Wildman–Crippen LogP) is 2.56. The van der Waals surface area contributed by atoms with E-state index in [4.69, 9.17) is 0 Å². The molecule has 0 unspecified atom stereocenters. The summed E-state index contributed by atoms with van der Waals surface area (Å²) >= 11 is 3.32. The van der Waals surface area contributed by atoms with Crippen molar-refractivity contribution in [2.75, 3.05) is 20.6 Å². The van der Waals surface area contributed by atoms with Gasteiger partial charge < -0.3 is 15.5 Å². The van der Waals surface area contributed by atoms with Crippen molar-refractivity contribution < 1.29 is 9.59 Å². The largest absolute Gasteiger partial charge is 0.350 e. The molecule has 5 nitrogen and oxygen atoms in total. The second kappa shape index (κ2) is 9.34. The molecule has 0 saturated carbocycles. The van der Waals surface area contributed by atoms with E-state index < -0.39 is 0 Å². The molecule has 2 N–H and O–H groups in total. The highest BCUT2D eigenvalue weighted by molar-refractivity contribution is 9.10. The topological polar surface area (TPSA) is 61.4 Å². The van der Waals surface area contributed by atoms with Crippen molar-refractivity contribution >= 4 is 27.7 Å². The summed E-state index contributed by atoms with van der Waals surface area (Å²) in [5.41, 5.74) is 2.77. The van der Waals surface area contributed by atoms with Crippen LogP contribution in [0.25, 0.3) is 0 Å². The number of carbonyl (C=O) groups excluding carboxylic acids is 2. The number of hydrogen-bond donors (Lipinski definition) is 2. The summed E-state index contributed by atoms with van der Waals surface area (Å²) in [6.45, 7) is 1.20. The molecule has 2 aromatic rings. The fourth-order valence-electron chi connectivity index (χ4n) is 2.35. The fraction of sp³-hybridized carbons (Fsp3) is 0.263. The SMILES string of the molecule is CN(C)Cc1ccccc1CNC(=O)CNC(=O)c1ccc(Br)cc1. The van der Waals surface area contributed by atoms with Crippen molar-refractivity contribution in [3.8, 4) is 0 Å². The summed E-state index contributed by atoms with van der Waals surface area (Å²) in [6.07, 6.45) is 0. The lowest BCUT2D eigenvalue weighted by molar-refractivity contribution is -0.120. The summed E-state index contributed by atoms with van der Waals surface area (Å²) in [7, 11) is 4.01. The number of nitrogens with one attached hydrogen (secondary N) is 2. The molecule has 6 heteroatoms. The molecule has 132 valence electrons. The molecule has 2 aromatic carbocycles. The van der Waals surface area contributed by atoms with Gasteiger partial charge in [0.2, 0.25) is 5.91 Å². The van der Waals surface area contributed by atoms with Crippen LogP contribution in [-0.2, 0) is 17.9 Å². The molecule has 0 fully saturated rings. The minimum atomic E-state index is -0.268. The number of carbonyl (C=O) groups is 2. The van der Waals surface area contributed by atoms with Crippen molar-refractivity contribution in [1.82, 2.24) is 15.5 Å². The quantitative estimate of drug-likeness (QED) is 0.746. The number of rotatable bonds is 7. The van der Waals surface area contributed by atoms with Gasteiger partial charge in [-0.3, -0.25) is 9.59 Å². The molecule has 0 aliphatic rings. The first-order valence-corrected chi connectivity index (χ1v) is 8.77. The molecule has 0 heterocycles.